The number of benzene rings is 2. The van der Waals surface area contributed by atoms with Gasteiger partial charge in [-0.2, -0.15) is 0 Å². The Bertz CT molecular complexity index is 792. The standard InChI is InChI=1S/C18H17ClN2O4/c1-2-25-18(24)12-7-3-5-9-14(12)20-16(22)11-17(23)21-15-10-6-4-8-13(15)19/h3-10H,2,11H2,1H3,(H,20,22)(H,21,23). The molecule has 0 fully saturated rings. The minimum absolute atomic E-state index is 0.224. The highest BCUT2D eigenvalue weighted by atomic mass is 35.5. The summed E-state index contributed by atoms with van der Waals surface area (Å²) in [4.78, 5) is 35.9. The van der Waals surface area contributed by atoms with Crippen LogP contribution in [0.25, 0.3) is 0 Å². The van der Waals surface area contributed by atoms with E-state index in [1.165, 1.54) is 6.07 Å². The molecule has 0 atom stereocenters. The quantitative estimate of drug-likeness (QED) is 0.610. The predicted molar refractivity (Wildman–Crippen MR) is 95.7 cm³/mol. The summed E-state index contributed by atoms with van der Waals surface area (Å²) in [5, 5.41) is 5.49. The second kappa shape index (κ2) is 8.84. The number of rotatable bonds is 6. The van der Waals surface area contributed by atoms with Gasteiger partial charge < -0.3 is 15.4 Å². The molecule has 0 heterocycles. The van der Waals surface area contributed by atoms with E-state index in [-0.39, 0.29) is 17.9 Å². The number of amides is 2. The van der Waals surface area contributed by atoms with E-state index in [1.54, 1.807) is 49.4 Å². The number of hydrogen-bond donors (Lipinski definition) is 2. The van der Waals surface area contributed by atoms with Crippen molar-refractivity contribution in [2.24, 2.45) is 0 Å². The van der Waals surface area contributed by atoms with Crippen molar-refractivity contribution < 1.29 is 19.1 Å². The third kappa shape index (κ3) is 5.32. The first-order chi connectivity index (χ1) is 12.0. The van der Waals surface area contributed by atoms with Crippen molar-refractivity contribution in [1.82, 2.24) is 0 Å². The van der Waals surface area contributed by atoms with Crippen LogP contribution < -0.4 is 10.6 Å². The van der Waals surface area contributed by atoms with Crippen LogP contribution in [0.5, 0.6) is 0 Å². The Morgan fingerprint density at radius 1 is 0.920 bits per heavy atom. The molecule has 0 bridgehead atoms. The van der Waals surface area contributed by atoms with Gasteiger partial charge in [-0.05, 0) is 31.2 Å². The summed E-state index contributed by atoms with van der Waals surface area (Å²) in [6, 6.07) is 13.1. The smallest absolute Gasteiger partial charge is 0.340 e. The minimum atomic E-state index is -0.554. The summed E-state index contributed by atoms with van der Waals surface area (Å²) < 4.78 is 4.94. The average molecular weight is 361 g/mol. The lowest BCUT2D eigenvalue weighted by Gasteiger charge is -2.11. The third-order valence-electron chi connectivity index (χ3n) is 3.17. The Hall–Kier alpha value is -2.86. The van der Waals surface area contributed by atoms with Crippen LogP contribution in [-0.4, -0.2) is 24.4 Å². The minimum Gasteiger partial charge on any atom is -0.462 e. The van der Waals surface area contributed by atoms with E-state index >= 15 is 0 Å². The number of nitrogens with one attached hydrogen (secondary N) is 2. The van der Waals surface area contributed by atoms with Gasteiger partial charge in [-0.3, -0.25) is 9.59 Å². The topological polar surface area (TPSA) is 84.5 Å². The van der Waals surface area contributed by atoms with Crippen LogP contribution in [-0.2, 0) is 14.3 Å². The van der Waals surface area contributed by atoms with Gasteiger partial charge >= 0.3 is 5.97 Å². The van der Waals surface area contributed by atoms with E-state index in [1.807, 2.05) is 0 Å². The van der Waals surface area contributed by atoms with Gasteiger partial charge in [0.2, 0.25) is 11.8 Å². The molecule has 25 heavy (non-hydrogen) atoms. The van der Waals surface area contributed by atoms with Gasteiger partial charge in [0.25, 0.3) is 0 Å². The molecule has 0 unspecified atom stereocenters. The van der Waals surface area contributed by atoms with Crippen molar-refractivity contribution in [3.8, 4) is 0 Å². The molecule has 0 saturated carbocycles. The number of carbonyl (C=O) groups is 3. The maximum atomic E-state index is 12.1. The van der Waals surface area contributed by atoms with Crippen molar-refractivity contribution in [3.05, 3.63) is 59.1 Å². The number of hydrogen-bond acceptors (Lipinski definition) is 4. The number of ether oxygens (including phenoxy) is 1. The summed E-state index contributed by atoms with van der Waals surface area (Å²) >= 11 is 5.95. The molecule has 0 aliphatic rings. The van der Waals surface area contributed by atoms with Crippen LogP contribution in [0.4, 0.5) is 11.4 Å². The van der Waals surface area contributed by atoms with Crippen LogP contribution in [0.1, 0.15) is 23.7 Å². The molecule has 0 spiro atoms. The summed E-state index contributed by atoms with van der Waals surface area (Å²) in [7, 11) is 0. The molecule has 0 radical (unpaired) electrons. The molecule has 2 rings (SSSR count). The molecule has 7 heteroatoms. The predicted octanol–water partition coefficient (Wildman–Crippen LogP) is 3.48. The average Bonchev–Trinajstić information content (AvgIpc) is 2.57. The summed E-state index contributed by atoms with van der Waals surface area (Å²) in [5.41, 5.74) is 0.939. The van der Waals surface area contributed by atoms with E-state index in [2.05, 4.69) is 10.6 Å². The Morgan fingerprint density at radius 2 is 1.48 bits per heavy atom. The van der Waals surface area contributed by atoms with Gasteiger partial charge in [0.15, 0.2) is 0 Å². The van der Waals surface area contributed by atoms with Crippen LogP contribution in [0, 0.1) is 0 Å². The molecule has 130 valence electrons. The van der Waals surface area contributed by atoms with Crippen molar-refractivity contribution in [3.63, 3.8) is 0 Å². The molecule has 0 aromatic heterocycles. The number of anilines is 2. The van der Waals surface area contributed by atoms with Gasteiger partial charge in [-0.15, -0.1) is 0 Å². The maximum Gasteiger partial charge on any atom is 0.340 e. The zero-order valence-electron chi connectivity index (χ0n) is 13.5. The van der Waals surface area contributed by atoms with E-state index in [9.17, 15) is 14.4 Å². The van der Waals surface area contributed by atoms with Crippen molar-refractivity contribution in [2.45, 2.75) is 13.3 Å². The van der Waals surface area contributed by atoms with E-state index in [4.69, 9.17) is 16.3 Å². The SMILES string of the molecule is CCOC(=O)c1ccccc1NC(=O)CC(=O)Nc1ccccc1Cl. The lowest BCUT2D eigenvalue weighted by molar-refractivity contribution is -0.123. The first-order valence-electron chi connectivity index (χ1n) is 7.61. The van der Waals surface area contributed by atoms with Crippen molar-refractivity contribution in [2.75, 3.05) is 17.2 Å². The van der Waals surface area contributed by atoms with E-state index < -0.39 is 24.2 Å². The third-order valence-corrected chi connectivity index (χ3v) is 3.50. The number of esters is 1. The number of carbonyl (C=O) groups excluding carboxylic acids is 3. The van der Waals surface area contributed by atoms with Crippen molar-refractivity contribution >= 4 is 40.8 Å². The first kappa shape index (κ1) is 18.5. The van der Waals surface area contributed by atoms with Gasteiger partial charge in [-0.1, -0.05) is 35.9 Å². The van der Waals surface area contributed by atoms with E-state index in [0.717, 1.165) is 0 Å². The number of halogens is 1. The fourth-order valence-electron chi connectivity index (χ4n) is 2.08. The van der Waals surface area contributed by atoms with Crippen LogP contribution in [0.3, 0.4) is 0 Å². The van der Waals surface area contributed by atoms with Gasteiger partial charge in [-0.25, -0.2) is 4.79 Å². The van der Waals surface area contributed by atoms with Gasteiger partial charge in [0.1, 0.15) is 6.42 Å². The second-order valence-corrected chi connectivity index (χ2v) is 5.43. The van der Waals surface area contributed by atoms with Gasteiger partial charge in [0, 0.05) is 0 Å². The zero-order chi connectivity index (χ0) is 18.2. The van der Waals surface area contributed by atoms with Gasteiger partial charge in [0.05, 0.1) is 28.6 Å². The van der Waals surface area contributed by atoms with Crippen LogP contribution in [0.15, 0.2) is 48.5 Å². The Kier molecular flexibility index (Phi) is 6.54. The monoisotopic (exact) mass is 360 g/mol. The second-order valence-electron chi connectivity index (χ2n) is 5.02. The van der Waals surface area contributed by atoms with Crippen LogP contribution >= 0.6 is 11.6 Å². The highest BCUT2D eigenvalue weighted by Crippen LogP contribution is 2.21. The molecule has 0 saturated heterocycles. The first-order valence-corrected chi connectivity index (χ1v) is 7.99. The molecular weight excluding hydrogens is 344 g/mol. The van der Waals surface area contributed by atoms with E-state index in [0.29, 0.717) is 10.7 Å². The molecule has 2 N–H and O–H groups in total. The fourth-order valence-corrected chi connectivity index (χ4v) is 2.26. The summed E-state index contributed by atoms with van der Waals surface area (Å²) in [6.07, 6.45) is -0.414. The molecule has 0 aliphatic heterocycles. The summed E-state index contributed by atoms with van der Waals surface area (Å²) in [5.74, 6) is -1.61. The lowest BCUT2D eigenvalue weighted by Crippen LogP contribution is -2.22. The van der Waals surface area contributed by atoms with Crippen molar-refractivity contribution in [1.29, 1.82) is 0 Å². The molecule has 2 aromatic rings. The summed E-state index contributed by atoms with van der Waals surface area (Å²) in [6.45, 7) is 1.92. The zero-order valence-corrected chi connectivity index (χ0v) is 14.3. The Balaban J connectivity index is 2.00. The molecule has 0 aliphatic carbocycles. The molecule has 2 aromatic carbocycles. The highest BCUT2D eigenvalue weighted by molar-refractivity contribution is 6.33. The number of para-hydroxylation sites is 2. The molecular formula is C18H17ClN2O4. The largest absolute Gasteiger partial charge is 0.462 e. The Morgan fingerprint density at radius 3 is 2.12 bits per heavy atom. The molecule has 6 nitrogen and oxygen atoms in total. The maximum absolute atomic E-state index is 12.1. The fraction of sp³-hybridized carbons (Fsp3) is 0.167. The van der Waals surface area contributed by atoms with Crippen LogP contribution in [0.2, 0.25) is 5.02 Å². The lowest BCUT2D eigenvalue weighted by atomic mass is 10.1. The Labute approximate surface area is 150 Å². The molecule has 2 amide bonds. The highest BCUT2D eigenvalue weighted by Gasteiger charge is 2.16. The normalized spacial score (nSPS) is 10.0.